The first-order chi connectivity index (χ1) is 12.4. The van der Waals surface area contributed by atoms with Crippen LogP contribution in [-0.2, 0) is 9.47 Å². The van der Waals surface area contributed by atoms with E-state index in [9.17, 15) is 48.3 Å². The van der Waals surface area contributed by atoms with Gasteiger partial charge in [0.1, 0.15) is 6.61 Å². The first kappa shape index (κ1) is 33.5. The lowest BCUT2D eigenvalue weighted by atomic mass is 10.2. The summed E-state index contributed by atoms with van der Waals surface area (Å²) in [4.78, 5) is 0. The minimum atomic E-state index is -7.07. The molecule has 0 saturated heterocycles. The molecule has 0 heterocycles. The zero-order valence-electron chi connectivity index (χ0n) is 14.1. The standard InChI is InChI=1S/C8H5F11O3.3C2H4/c1-3(9)21-8(18,19)5(12,6(13,14)15)22-7(16,17)4(10,11)2-20;3*1-2/h20H,1-2H2;3*1-2H2. The van der Waals surface area contributed by atoms with Crippen molar-refractivity contribution < 1.29 is 62.9 Å². The molecule has 0 bridgehead atoms. The number of aliphatic hydroxyl groups excluding tert-OH is 1. The van der Waals surface area contributed by atoms with Crippen LogP contribution in [-0.4, -0.2) is 41.9 Å². The zero-order chi connectivity index (χ0) is 24.2. The highest BCUT2D eigenvalue weighted by Gasteiger charge is 2.80. The zero-order valence-corrected chi connectivity index (χ0v) is 14.1. The highest BCUT2D eigenvalue weighted by molar-refractivity contribution is 4.92. The second-order valence-corrected chi connectivity index (χ2v) is 3.55. The third kappa shape index (κ3) is 8.29. The summed E-state index contributed by atoms with van der Waals surface area (Å²) in [5, 5.41) is 7.87. The Labute approximate surface area is 153 Å². The molecule has 0 aromatic heterocycles. The number of hydrogen-bond acceptors (Lipinski definition) is 3. The first-order valence-corrected chi connectivity index (χ1v) is 6.17. The van der Waals surface area contributed by atoms with Gasteiger partial charge in [-0.1, -0.05) is 0 Å². The van der Waals surface area contributed by atoms with Crippen LogP contribution in [0.5, 0.6) is 0 Å². The lowest BCUT2D eigenvalue weighted by molar-refractivity contribution is -0.517. The molecule has 3 nitrogen and oxygen atoms in total. The van der Waals surface area contributed by atoms with Crippen LogP contribution >= 0.6 is 0 Å². The first-order valence-electron chi connectivity index (χ1n) is 6.17. The van der Waals surface area contributed by atoms with Gasteiger partial charge >= 0.3 is 30.2 Å². The molecule has 14 heteroatoms. The van der Waals surface area contributed by atoms with Crippen LogP contribution in [0.25, 0.3) is 0 Å². The Kier molecular flexibility index (Phi) is 14.8. The van der Waals surface area contributed by atoms with Gasteiger partial charge in [-0.25, -0.2) is 0 Å². The maximum absolute atomic E-state index is 13.3. The minimum Gasteiger partial charge on any atom is -0.402 e. The van der Waals surface area contributed by atoms with E-state index in [-0.39, 0.29) is 0 Å². The molecule has 1 atom stereocenters. The van der Waals surface area contributed by atoms with Crippen molar-refractivity contribution in [1.29, 1.82) is 0 Å². The Bertz CT molecular complexity index is 461. The van der Waals surface area contributed by atoms with Crippen LogP contribution in [0.2, 0.25) is 0 Å². The Morgan fingerprint density at radius 3 is 1.25 bits per heavy atom. The topological polar surface area (TPSA) is 38.7 Å². The van der Waals surface area contributed by atoms with Gasteiger partial charge in [0, 0.05) is 0 Å². The van der Waals surface area contributed by atoms with Crippen molar-refractivity contribution in [3.63, 3.8) is 0 Å². The molecular formula is C14H17F11O3. The predicted octanol–water partition coefficient (Wildman–Crippen LogP) is 5.91. The van der Waals surface area contributed by atoms with Gasteiger partial charge in [0.25, 0.3) is 6.01 Å². The van der Waals surface area contributed by atoms with Crippen molar-refractivity contribution >= 4 is 0 Å². The molecule has 0 spiro atoms. The SMILES string of the molecule is C=C.C=C.C=C.C=C(F)OC(F)(F)C(F)(OC(F)(F)C(F)(F)CO)C(F)(F)F. The number of halogens is 11. The lowest BCUT2D eigenvalue weighted by Gasteiger charge is -2.36. The molecule has 0 aromatic rings. The second-order valence-electron chi connectivity index (χ2n) is 3.55. The lowest BCUT2D eigenvalue weighted by Crippen LogP contribution is -2.63. The van der Waals surface area contributed by atoms with Gasteiger partial charge in [-0.2, -0.15) is 48.3 Å². The quantitative estimate of drug-likeness (QED) is 0.303. The minimum absolute atomic E-state index is 1.86. The van der Waals surface area contributed by atoms with E-state index in [1.807, 2.05) is 11.3 Å². The Hall–Kier alpha value is -2.09. The molecule has 0 saturated carbocycles. The van der Waals surface area contributed by atoms with Gasteiger partial charge in [-0.05, 0) is 6.58 Å². The van der Waals surface area contributed by atoms with Crippen molar-refractivity contribution in [3.8, 4) is 0 Å². The molecule has 28 heavy (non-hydrogen) atoms. The predicted molar refractivity (Wildman–Crippen MR) is 78.0 cm³/mol. The number of alkyl halides is 10. The molecule has 0 aromatic carbocycles. The van der Waals surface area contributed by atoms with E-state index >= 15 is 0 Å². The summed E-state index contributed by atoms with van der Waals surface area (Å²) in [7, 11) is 0. The Morgan fingerprint density at radius 2 is 1.04 bits per heavy atom. The molecular weight excluding hydrogens is 425 g/mol. The fourth-order valence-corrected chi connectivity index (χ4v) is 0.830. The van der Waals surface area contributed by atoms with Gasteiger partial charge in [0.05, 0.1) is 0 Å². The van der Waals surface area contributed by atoms with E-state index in [2.05, 4.69) is 44.2 Å². The van der Waals surface area contributed by atoms with E-state index in [0.29, 0.717) is 0 Å². The van der Waals surface area contributed by atoms with Gasteiger partial charge in [-0.15, -0.1) is 39.5 Å². The number of rotatable bonds is 7. The molecule has 0 aliphatic heterocycles. The van der Waals surface area contributed by atoms with Gasteiger partial charge in [0.15, 0.2) is 0 Å². The van der Waals surface area contributed by atoms with Gasteiger partial charge in [-0.3, -0.25) is 4.74 Å². The van der Waals surface area contributed by atoms with Gasteiger partial charge < -0.3 is 9.84 Å². The van der Waals surface area contributed by atoms with Crippen molar-refractivity contribution in [2.24, 2.45) is 0 Å². The Balaban J connectivity index is -0.000000434. The van der Waals surface area contributed by atoms with E-state index < -0.39 is 42.8 Å². The molecule has 0 amide bonds. The summed E-state index contributed by atoms with van der Waals surface area (Å²) < 4.78 is 142. The van der Waals surface area contributed by atoms with E-state index in [1.54, 1.807) is 0 Å². The van der Waals surface area contributed by atoms with Crippen LogP contribution in [0.15, 0.2) is 52.1 Å². The van der Waals surface area contributed by atoms with Crippen LogP contribution in [0.3, 0.4) is 0 Å². The molecule has 0 rings (SSSR count). The highest BCUT2D eigenvalue weighted by Crippen LogP contribution is 2.52. The Morgan fingerprint density at radius 1 is 0.714 bits per heavy atom. The molecule has 0 aliphatic carbocycles. The fraction of sp³-hybridized carbons (Fsp3) is 0.429. The number of aliphatic hydroxyl groups is 1. The molecule has 0 aliphatic rings. The van der Waals surface area contributed by atoms with Crippen LogP contribution < -0.4 is 0 Å². The normalized spacial score (nSPS) is 13.9. The molecule has 0 radical (unpaired) electrons. The van der Waals surface area contributed by atoms with Crippen molar-refractivity contribution in [2.75, 3.05) is 6.61 Å². The maximum atomic E-state index is 13.3. The molecule has 168 valence electrons. The maximum Gasteiger partial charge on any atom is 0.471 e. The number of hydrogen-bond donors (Lipinski definition) is 1. The fourth-order valence-electron chi connectivity index (χ4n) is 0.830. The van der Waals surface area contributed by atoms with Crippen molar-refractivity contribution in [2.45, 2.75) is 30.2 Å². The third-order valence-corrected chi connectivity index (χ3v) is 1.87. The van der Waals surface area contributed by atoms with E-state index in [0.717, 1.165) is 0 Å². The van der Waals surface area contributed by atoms with Crippen molar-refractivity contribution in [1.82, 2.24) is 0 Å². The van der Waals surface area contributed by atoms with Gasteiger partial charge in [0.2, 0.25) is 0 Å². The molecule has 1 N–H and O–H groups in total. The van der Waals surface area contributed by atoms with Crippen molar-refractivity contribution in [3.05, 3.63) is 52.1 Å². The summed E-state index contributed by atoms with van der Waals surface area (Å²) in [6.07, 6.45) is -20.2. The number of ether oxygens (including phenoxy) is 2. The highest BCUT2D eigenvalue weighted by atomic mass is 19.4. The molecule has 0 fully saturated rings. The van der Waals surface area contributed by atoms with Crippen LogP contribution in [0, 0.1) is 0 Å². The molecule has 1 unspecified atom stereocenters. The summed E-state index contributed by atoms with van der Waals surface area (Å²) in [5.41, 5.74) is 0. The van der Waals surface area contributed by atoms with Crippen LogP contribution in [0.1, 0.15) is 0 Å². The second kappa shape index (κ2) is 12.4. The summed E-state index contributed by atoms with van der Waals surface area (Å²) >= 11 is 0. The smallest absolute Gasteiger partial charge is 0.402 e. The monoisotopic (exact) mass is 442 g/mol. The summed E-state index contributed by atoms with van der Waals surface area (Å²) in [5.74, 6) is -12.8. The van der Waals surface area contributed by atoms with E-state index in [4.69, 9.17) is 5.11 Å². The van der Waals surface area contributed by atoms with E-state index in [1.165, 1.54) is 0 Å². The average Bonchev–Trinajstić information content (AvgIpc) is 2.57. The largest absolute Gasteiger partial charge is 0.471 e. The third-order valence-electron chi connectivity index (χ3n) is 1.87. The average molecular weight is 442 g/mol. The van der Waals surface area contributed by atoms with Crippen LogP contribution in [0.4, 0.5) is 48.3 Å². The summed E-state index contributed by atoms with van der Waals surface area (Å²) in [6, 6.07) is -2.75. The summed E-state index contributed by atoms with van der Waals surface area (Å²) in [6.45, 7) is 17.0.